The second-order valence-corrected chi connectivity index (χ2v) is 9.50. The molecule has 1 saturated heterocycles. The Morgan fingerprint density at radius 1 is 1.15 bits per heavy atom. The summed E-state index contributed by atoms with van der Waals surface area (Å²) in [5.74, 6) is 2.73. The van der Waals surface area contributed by atoms with Crippen molar-refractivity contribution in [2.24, 2.45) is 17.8 Å². The lowest BCUT2D eigenvalue weighted by molar-refractivity contribution is -0.119. The molecular weight excluding hydrogens is 332 g/mol. The number of hydrogen-bond donors (Lipinski definition) is 1. The maximum absolute atomic E-state index is 11.6. The monoisotopic (exact) mass is 364 g/mol. The summed E-state index contributed by atoms with van der Waals surface area (Å²) >= 11 is 0. The van der Waals surface area contributed by atoms with Crippen molar-refractivity contribution in [3.05, 3.63) is 47.5 Å². The maximum Gasteiger partial charge on any atom is 0.217 e. The predicted octanol–water partition coefficient (Wildman–Crippen LogP) is 4.20. The Hall–Kier alpha value is -1.61. The van der Waals surface area contributed by atoms with Gasteiger partial charge < -0.3 is 10.2 Å². The molecular formula is C24H32N2O. The molecule has 1 N–H and O–H groups in total. The lowest BCUT2D eigenvalue weighted by Crippen LogP contribution is -2.47. The van der Waals surface area contributed by atoms with Gasteiger partial charge in [0.05, 0.1) is 6.04 Å². The number of piperidine rings is 1. The van der Waals surface area contributed by atoms with Gasteiger partial charge in [0, 0.05) is 13.5 Å². The molecule has 1 aliphatic heterocycles. The Balaban J connectivity index is 1.28. The lowest BCUT2D eigenvalue weighted by atomic mass is 9.63. The summed E-state index contributed by atoms with van der Waals surface area (Å²) in [6.45, 7) is 5.40. The highest BCUT2D eigenvalue weighted by molar-refractivity contribution is 5.73. The van der Waals surface area contributed by atoms with Crippen LogP contribution in [-0.2, 0) is 10.2 Å². The average Bonchev–Trinajstić information content (AvgIpc) is 3.29. The molecule has 1 spiro atoms. The van der Waals surface area contributed by atoms with Crippen molar-refractivity contribution in [2.45, 2.75) is 56.9 Å². The van der Waals surface area contributed by atoms with Gasteiger partial charge in [-0.2, -0.15) is 0 Å². The highest BCUT2D eigenvalue weighted by Gasteiger charge is 2.43. The van der Waals surface area contributed by atoms with E-state index >= 15 is 0 Å². The standard InChI is InChI=1S/C24H32N2O/c1-17(27)25-23-8-9-24(22-5-3-2-4-21(22)23)10-12-26(13-11-24)16-20-15-18-6-7-19(20)14-18/h2-7,18-20,23H,8-16H2,1H3,(H,25,27)/t18-,19?,20+,23-/m0/s1. The van der Waals surface area contributed by atoms with E-state index in [1.54, 1.807) is 6.92 Å². The van der Waals surface area contributed by atoms with Crippen LogP contribution in [0.5, 0.6) is 0 Å². The van der Waals surface area contributed by atoms with Crippen LogP contribution < -0.4 is 5.32 Å². The Morgan fingerprint density at radius 3 is 2.67 bits per heavy atom. The van der Waals surface area contributed by atoms with Gasteiger partial charge in [-0.05, 0) is 85.9 Å². The minimum atomic E-state index is 0.0838. The molecule has 1 heterocycles. The molecule has 4 aliphatic rings. The van der Waals surface area contributed by atoms with Crippen LogP contribution in [-0.4, -0.2) is 30.4 Å². The molecule has 3 heteroatoms. The van der Waals surface area contributed by atoms with Crippen molar-refractivity contribution >= 4 is 5.91 Å². The summed E-state index contributed by atoms with van der Waals surface area (Å²) < 4.78 is 0. The van der Waals surface area contributed by atoms with Gasteiger partial charge >= 0.3 is 0 Å². The molecule has 0 aromatic heterocycles. The SMILES string of the molecule is CC(=O)N[C@H]1CCC2(CCN(C[C@H]3C[C@H]4C=CC3C4)CC2)c2ccccc21. The topological polar surface area (TPSA) is 32.3 Å². The van der Waals surface area contributed by atoms with Crippen molar-refractivity contribution < 1.29 is 4.79 Å². The summed E-state index contributed by atoms with van der Waals surface area (Å²) in [6, 6.07) is 9.09. The third-order valence-electron chi connectivity index (χ3n) is 7.92. The van der Waals surface area contributed by atoms with Gasteiger partial charge in [-0.1, -0.05) is 36.4 Å². The fraction of sp³-hybridized carbons (Fsp3) is 0.625. The van der Waals surface area contributed by atoms with Crippen molar-refractivity contribution in [3.63, 3.8) is 0 Å². The van der Waals surface area contributed by atoms with E-state index in [0.717, 1.165) is 24.2 Å². The molecule has 3 nitrogen and oxygen atoms in total. The Morgan fingerprint density at radius 2 is 1.96 bits per heavy atom. The van der Waals surface area contributed by atoms with E-state index in [0.29, 0.717) is 5.41 Å². The number of allylic oxidation sites excluding steroid dienone is 2. The minimum Gasteiger partial charge on any atom is -0.350 e. The number of hydrogen-bond acceptors (Lipinski definition) is 2. The van der Waals surface area contributed by atoms with Gasteiger partial charge in [-0.3, -0.25) is 4.79 Å². The van der Waals surface area contributed by atoms with Crippen LogP contribution in [0.4, 0.5) is 0 Å². The number of nitrogens with zero attached hydrogens (tertiary/aromatic N) is 1. The third-order valence-corrected chi connectivity index (χ3v) is 7.92. The van der Waals surface area contributed by atoms with Gasteiger partial charge in [-0.25, -0.2) is 0 Å². The van der Waals surface area contributed by atoms with E-state index in [4.69, 9.17) is 0 Å². The summed E-state index contributed by atoms with van der Waals surface area (Å²) in [7, 11) is 0. The summed E-state index contributed by atoms with van der Waals surface area (Å²) in [5.41, 5.74) is 3.21. The van der Waals surface area contributed by atoms with Gasteiger partial charge in [0.15, 0.2) is 0 Å². The molecule has 0 radical (unpaired) electrons. The zero-order chi connectivity index (χ0) is 18.4. The van der Waals surface area contributed by atoms with Crippen LogP contribution in [0.15, 0.2) is 36.4 Å². The van der Waals surface area contributed by atoms with E-state index < -0.39 is 0 Å². The number of likely N-dealkylation sites (tertiary alicyclic amines) is 1. The van der Waals surface area contributed by atoms with Crippen LogP contribution >= 0.6 is 0 Å². The van der Waals surface area contributed by atoms with E-state index in [1.165, 1.54) is 62.9 Å². The number of carbonyl (C=O) groups excluding carboxylic acids is 1. The summed E-state index contributed by atoms with van der Waals surface area (Å²) in [6.07, 6.45) is 12.6. The predicted molar refractivity (Wildman–Crippen MR) is 108 cm³/mol. The van der Waals surface area contributed by atoms with Crippen LogP contribution in [0.3, 0.4) is 0 Å². The largest absolute Gasteiger partial charge is 0.350 e. The van der Waals surface area contributed by atoms with Gasteiger partial charge in [0.2, 0.25) is 5.91 Å². The molecule has 5 rings (SSSR count). The second kappa shape index (κ2) is 6.77. The first-order chi connectivity index (χ1) is 13.1. The fourth-order valence-corrected chi connectivity index (χ4v) is 6.51. The van der Waals surface area contributed by atoms with Crippen molar-refractivity contribution in [2.75, 3.05) is 19.6 Å². The Labute approximate surface area is 163 Å². The van der Waals surface area contributed by atoms with Crippen LogP contribution in [0.2, 0.25) is 0 Å². The van der Waals surface area contributed by atoms with E-state index in [1.807, 2.05) is 0 Å². The normalized spacial score (nSPS) is 34.0. The van der Waals surface area contributed by atoms with E-state index in [9.17, 15) is 4.79 Å². The quantitative estimate of drug-likeness (QED) is 0.815. The van der Waals surface area contributed by atoms with Crippen molar-refractivity contribution in [3.8, 4) is 0 Å². The minimum absolute atomic E-state index is 0.0838. The third kappa shape index (κ3) is 3.14. The Kier molecular flexibility index (Phi) is 4.39. The molecule has 1 saturated carbocycles. The van der Waals surface area contributed by atoms with Crippen molar-refractivity contribution in [1.82, 2.24) is 10.2 Å². The fourth-order valence-electron chi connectivity index (χ4n) is 6.51. The number of benzene rings is 1. The molecule has 1 amide bonds. The highest BCUT2D eigenvalue weighted by atomic mass is 16.1. The summed E-state index contributed by atoms with van der Waals surface area (Å²) in [5, 5.41) is 3.18. The zero-order valence-electron chi connectivity index (χ0n) is 16.5. The van der Waals surface area contributed by atoms with Crippen LogP contribution in [0.1, 0.15) is 62.6 Å². The van der Waals surface area contributed by atoms with E-state index in [-0.39, 0.29) is 11.9 Å². The molecule has 2 bridgehead atoms. The number of carbonyl (C=O) groups is 1. The molecule has 1 aromatic rings. The second-order valence-electron chi connectivity index (χ2n) is 9.50. The summed E-state index contributed by atoms with van der Waals surface area (Å²) in [4.78, 5) is 14.4. The molecule has 144 valence electrons. The first kappa shape index (κ1) is 17.5. The zero-order valence-corrected chi connectivity index (χ0v) is 16.5. The van der Waals surface area contributed by atoms with Gasteiger partial charge in [-0.15, -0.1) is 0 Å². The maximum atomic E-state index is 11.6. The molecule has 4 atom stereocenters. The average molecular weight is 365 g/mol. The molecule has 27 heavy (non-hydrogen) atoms. The molecule has 1 unspecified atom stereocenters. The molecule has 2 fully saturated rings. The number of rotatable bonds is 3. The lowest BCUT2D eigenvalue weighted by Gasteiger charge is -2.48. The first-order valence-corrected chi connectivity index (χ1v) is 10.9. The van der Waals surface area contributed by atoms with Gasteiger partial charge in [0.25, 0.3) is 0 Å². The molecule has 1 aromatic carbocycles. The Bertz CT molecular complexity index is 747. The highest BCUT2D eigenvalue weighted by Crippen LogP contribution is 2.49. The van der Waals surface area contributed by atoms with Gasteiger partial charge in [0.1, 0.15) is 0 Å². The van der Waals surface area contributed by atoms with Crippen LogP contribution in [0.25, 0.3) is 0 Å². The van der Waals surface area contributed by atoms with Crippen molar-refractivity contribution in [1.29, 1.82) is 0 Å². The molecule has 3 aliphatic carbocycles. The number of nitrogens with one attached hydrogen (secondary N) is 1. The number of amides is 1. The van der Waals surface area contributed by atoms with E-state index in [2.05, 4.69) is 46.6 Å². The van der Waals surface area contributed by atoms with Crippen LogP contribution in [0, 0.1) is 17.8 Å². The first-order valence-electron chi connectivity index (χ1n) is 10.9. The number of fused-ring (bicyclic) bond motifs is 4. The smallest absolute Gasteiger partial charge is 0.217 e.